The van der Waals surface area contributed by atoms with Gasteiger partial charge < -0.3 is 15.1 Å². The zero-order chi connectivity index (χ0) is 15.4. The van der Waals surface area contributed by atoms with Gasteiger partial charge in [-0.15, -0.1) is 0 Å². The Hall–Kier alpha value is -2.89. The van der Waals surface area contributed by atoms with Gasteiger partial charge in [-0.1, -0.05) is 0 Å². The van der Waals surface area contributed by atoms with Gasteiger partial charge in [-0.2, -0.15) is 4.98 Å². The van der Waals surface area contributed by atoms with Gasteiger partial charge in [-0.3, -0.25) is 0 Å². The molecule has 2 aromatic heterocycles. The Morgan fingerprint density at radius 2 is 1.95 bits per heavy atom. The van der Waals surface area contributed by atoms with Crippen molar-refractivity contribution in [3.63, 3.8) is 0 Å². The third-order valence-corrected chi connectivity index (χ3v) is 2.97. The molecule has 0 amide bonds. The van der Waals surface area contributed by atoms with Crippen LogP contribution in [-0.4, -0.2) is 9.97 Å². The van der Waals surface area contributed by atoms with Crippen LogP contribution in [0.25, 0.3) is 0 Å². The normalized spacial score (nSPS) is 10.5. The first-order valence-corrected chi connectivity index (χ1v) is 6.83. The van der Waals surface area contributed by atoms with Crippen molar-refractivity contribution in [1.29, 1.82) is 0 Å². The molecule has 2 N–H and O–H groups in total. The van der Waals surface area contributed by atoms with E-state index in [1.165, 1.54) is 12.1 Å². The average Bonchev–Trinajstić information content (AvgIpc) is 3.00. The molecule has 1 aromatic carbocycles. The highest BCUT2D eigenvalue weighted by Crippen LogP contribution is 2.17. The molecule has 3 rings (SSSR count). The molecule has 0 spiro atoms. The van der Waals surface area contributed by atoms with Crippen LogP contribution in [0.4, 0.5) is 21.8 Å². The van der Waals surface area contributed by atoms with Crippen LogP contribution in [-0.2, 0) is 6.54 Å². The molecule has 0 saturated carbocycles. The molecule has 0 aliphatic carbocycles. The fourth-order valence-electron chi connectivity index (χ4n) is 1.97. The minimum Gasteiger partial charge on any atom is -0.467 e. The minimum atomic E-state index is -0.273. The number of furan rings is 1. The van der Waals surface area contributed by atoms with Gasteiger partial charge in [0, 0.05) is 17.4 Å². The van der Waals surface area contributed by atoms with Crippen molar-refractivity contribution in [1.82, 2.24) is 9.97 Å². The van der Waals surface area contributed by atoms with E-state index in [1.54, 1.807) is 18.4 Å². The summed E-state index contributed by atoms with van der Waals surface area (Å²) in [4.78, 5) is 8.71. The summed E-state index contributed by atoms with van der Waals surface area (Å²) in [5, 5.41) is 6.23. The quantitative estimate of drug-likeness (QED) is 0.748. The predicted molar refractivity (Wildman–Crippen MR) is 82.5 cm³/mol. The highest BCUT2D eigenvalue weighted by atomic mass is 19.1. The van der Waals surface area contributed by atoms with Crippen molar-refractivity contribution in [3.05, 3.63) is 66.0 Å². The first-order chi connectivity index (χ1) is 10.7. The molecule has 0 aliphatic heterocycles. The maximum Gasteiger partial charge on any atom is 0.225 e. The summed E-state index contributed by atoms with van der Waals surface area (Å²) >= 11 is 0. The van der Waals surface area contributed by atoms with E-state index in [9.17, 15) is 4.39 Å². The summed E-state index contributed by atoms with van der Waals surface area (Å²) in [6.45, 7) is 2.39. The zero-order valence-corrected chi connectivity index (χ0v) is 12.0. The highest BCUT2D eigenvalue weighted by molar-refractivity contribution is 5.57. The van der Waals surface area contributed by atoms with Crippen LogP contribution in [0.1, 0.15) is 11.5 Å². The average molecular weight is 298 g/mol. The lowest BCUT2D eigenvalue weighted by atomic mass is 10.3. The molecule has 0 radical (unpaired) electrons. The topological polar surface area (TPSA) is 63.0 Å². The van der Waals surface area contributed by atoms with E-state index >= 15 is 0 Å². The summed E-state index contributed by atoms with van der Waals surface area (Å²) in [6.07, 6.45) is 1.62. The molecule has 112 valence electrons. The highest BCUT2D eigenvalue weighted by Gasteiger charge is 2.04. The zero-order valence-electron chi connectivity index (χ0n) is 12.0. The van der Waals surface area contributed by atoms with Gasteiger partial charge in [0.1, 0.15) is 17.4 Å². The Labute approximate surface area is 127 Å². The van der Waals surface area contributed by atoms with E-state index in [-0.39, 0.29) is 5.82 Å². The summed E-state index contributed by atoms with van der Waals surface area (Å²) in [7, 11) is 0. The van der Waals surface area contributed by atoms with Crippen molar-refractivity contribution in [2.45, 2.75) is 13.5 Å². The third kappa shape index (κ3) is 3.60. The predicted octanol–water partition coefficient (Wildman–Crippen LogP) is 3.87. The van der Waals surface area contributed by atoms with Crippen LogP contribution in [0.2, 0.25) is 0 Å². The minimum absolute atomic E-state index is 0.273. The van der Waals surface area contributed by atoms with E-state index < -0.39 is 0 Å². The SMILES string of the molecule is Cc1cc(Nc2ccc(F)cc2)nc(NCc2ccco2)n1. The molecule has 0 atom stereocenters. The second kappa shape index (κ2) is 6.26. The first-order valence-electron chi connectivity index (χ1n) is 6.83. The van der Waals surface area contributed by atoms with Gasteiger partial charge in [-0.25, -0.2) is 9.37 Å². The van der Waals surface area contributed by atoms with Crippen LogP contribution >= 0.6 is 0 Å². The van der Waals surface area contributed by atoms with E-state index in [2.05, 4.69) is 20.6 Å². The fourth-order valence-corrected chi connectivity index (χ4v) is 1.97. The molecule has 3 aromatic rings. The van der Waals surface area contributed by atoms with Gasteiger partial charge >= 0.3 is 0 Å². The van der Waals surface area contributed by atoms with Gasteiger partial charge in [0.15, 0.2) is 0 Å². The molecular formula is C16H15FN4O. The van der Waals surface area contributed by atoms with Gasteiger partial charge in [0.05, 0.1) is 12.8 Å². The standard InChI is InChI=1S/C16H15FN4O/c1-11-9-15(20-13-6-4-12(17)5-7-13)21-16(19-11)18-10-14-3-2-8-22-14/h2-9H,10H2,1H3,(H2,18,19,20,21). The molecule has 0 unspecified atom stereocenters. The summed E-state index contributed by atoms with van der Waals surface area (Å²) in [6, 6.07) is 11.6. The number of aryl methyl sites for hydroxylation is 1. The number of nitrogens with one attached hydrogen (secondary N) is 2. The molecule has 0 saturated heterocycles. The van der Waals surface area contributed by atoms with E-state index in [0.29, 0.717) is 18.3 Å². The Morgan fingerprint density at radius 3 is 2.68 bits per heavy atom. The van der Waals surface area contributed by atoms with E-state index in [4.69, 9.17) is 4.42 Å². The lowest BCUT2D eigenvalue weighted by Crippen LogP contribution is -2.05. The maximum atomic E-state index is 12.9. The Kier molecular flexibility index (Phi) is 4.00. The summed E-state index contributed by atoms with van der Waals surface area (Å²) < 4.78 is 18.2. The van der Waals surface area contributed by atoms with Crippen LogP contribution in [0, 0.1) is 12.7 Å². The number of anilines is 3. The Bertz CT molecular complexity index is 741. The fraction of sp³-hybridized carbons (Fsp3) is 0.125. The summed E-state index contributed by atoms with van der Waals surface area (Å²) in [5.74, 6) is 1.67. The van der Waals surface area contributed by atoms with Crippen molar-refractivity contribution >= 4 is 17.5 Å². The van der Waals surface area contributed by atoms with Crippen molar-refractivity contribution in [2.75, 3.05) is 10.6 Å². The number of halogens is 1. The molecular weight excluding hydrogens is 283 g/mol. The number of hydrogen-bond acceptors (Lipinski definition) is 5. The molecule has 0 bridgehead atoms. The second-order valence-corrected chi connectivity index (χ2v) is 4.78. The van der Waals surface area contributed by atoms with Crippen LogP contribution in [0.3, 0.4) is 0 Å². The smallest absolute Gasteiger partial charge is 0.225 e. The number of nitrogens with zero attached hydrogens (tertiary/aromatic N) is 2. The van der Waals surface area contributed by atoms with Gasteiger partial charge in [-0.05, 0) is 43.3 Å². The number of aromatic nitrogens is 2. The number of hydrogen-bond donors (Lipinski definition) is 2. The van der Waals surface area contributed by atoms with E-state index in [1.807, 2.05) is 25.1 Å². The van der Waals surface area contributed by atoms with Crippen LogP contribution in [0.15, 0.2) is 53.1 Å². The van der Waals surface area contributed by atoms with Crippen molar-refractivity contribution < 1.29 is 8.81 Å². The third-order valence-electron chi connectivity index (χ3n) is 2.97. The monoisotopic (exact) mass is 298 g/mol. The summed E-state index contributed by atoms with van der Waals surface area (Å²) in [5.41, 5.74) is 1.58. The second-order valence-electron chi connectivity index (χ2n) is 4.78. The Balaban J connectivity index is 1.73. The molecule has 0 fully saturated rings. The van der Waals surface area contributed by atoms with Gasteiger partial charge in [0.25, 0.3) is 0 Å². The molecule has 2 heterocycles. The molecule has 6 heteroatoms. The Morgan fingerprint density at radius 1 is 1.14 bits per heavy atom. The van der Waals surface area contributed by atoms with E-state index in [0.717, 1.165) is 17.1 Å². The molecule has 22 heavy (non-hydrogen) atoms. The maximum absolute atomic E-state index is 12.9. The largest absolute Gasteiger partial charge is 0.467 e. The number of benzene rings is 1. The lowest BCUT2D eigenvalue weighted by Gasteiger charge is -2.09. The van der Waals surface area contributed by atoms with Gasteiger partial charge in [0.2, 0.25) is 5.95 Å². The van der Waals surface area contributed by atoms with Crippen molar-refractivity contribution in [3.8, 4) is 0 Å². The molecule has 5 nitrogen and oxygen atoms in total. The van der Waals surface area contributed by atoms with Crippen LogP contribution < -0.4 is 10.6 Å². The lowest BCUT2D eigenvalue weighted by molar-refractivity contribution is 0.517. The number of rotatable bonds is 5. The van der Waals surface area contributed by atoms with Crippen molar-refractivity contribution in [2.24, 2.45) is 0 Å². The van der Waals surface area contributed by atoms with Crippen LogP contribution in [0.5, 0.6) is 0 Å². The first kappa shape index (κ1) is 14.1. The molecule has 0 aliphatic rings.